The number of ether oxygens (including phenoxy) is 2. The molecule has 0 bridgehead atoms. The molecule has 1 aromatic heterocycles. The van der Waals surface area contributed by atoms with Crippen LogP contribution < -0.4 is 9.47 Å². The predicted molar refractivity (Wildman–Crippen MR) is 92.4 cm³/mol. The normalized spacial score (nSPS) is 12.7. The number of fused-ring (bicyclic) bond motifs is 1. The number of nitrogens with zero attached hydrogens (tertiary/aromatic N) is 2. The summed E-state index contributed by atoms with van der Waals surface area (Å²) in [6.45, 7) is 2.97. The van der Waals surface area contributed by atoms with Crippen molar-refractivity contribution in [2.75, 3.05) is 26.3 Å². The first-order valence-corrected chi connectivity index (χ1v) is 8.83. The molecule has 1 aromatic carbocycles. The minimum absolute atomic E-state index is 0.254. The number of amides is 1. The lowest BCUT2D eigenvalue weighted by Gasteiger charge is -2.19. The maximum absolute atomic E-state index is 12.5. The lowest BCUT2D eigenvalue weighted by atomic mass is 10.2. The van der Waals surface area contributed by atoms with Crippen molar-refractivity contribution in [3.8, 4) is 22.1 Å². The van der Waals surface area contributed by atoms with Gasteiger partial charge in [-0.25, -0.2) is 4.98 Å². The Morgan fingerprint density at radius 3 is 2.76 bits per heavy atom. The molecule has 0 saturated heterocycles. The van der Waals surface area contributed by atoms with Gasteiger partial charge in [0.1, 0.15) is 30.5 Å². The number of carboxylic acid groups (broad SMARTS) is 1. The Morgan fingerprint density at radius 2 is 2.04 bits per heavy atom. The molecule has 132 valence electrons. The highest BCUT2D eigenvalue weighted by Gasteiger charge is 2.21. The molecule has 2 aromatic rings. The molecule has 1 N–H and O–H groups in total. The van der Waals surface area contributed by atoms with E-state index in [1.807, 2.05) is 25.1 Å². The number of hydrogen-bond donors (Lipinski definition) is 1. The van der Waals surface area contributed by atoms with E-state index in [1.54, 1.807) is 5.38 Å². The number of carbonyl (C=O) groups excluding carboxylic acids is 1. The summed E-state index contributed by atoms with van der Waals surface area (Å²) in [5, 5.41) is 11.3. The second kappa shape index (κ2) is 7.52. The molecule has 0 saturated carbocycles. The maximum atomic E-state index is 12.5. The summed E-state index contributed by atoms with van der Waals surface area (Å²) >= 11 is 1.33. The number of aliphatic carboxylic acids is 1. The summed E-state index contributed by atoms with van der Waals surface area (Å²) in [4.78, 5) is 29.1. The molecule has 0 aliphatic carbocycles. The van der Waals surface area contributed by atoms with Crippen LogP contribution in [0.15, 0.2) is 23.6 Å². The minimum atomic E-state index is -1.04. The van der Waals surface area contributed by atoms with E-state index in [4.69, 9.17) is 14.6 Å². The van der Waals surface area contributed by atoms with E-state index in [2.05, 4.69) is 4.98 Å². The Hall–Kier alpha value is -2.61. The fraction of sp³-hybridized carbons (Fsp3) is 0.353. The molecule has 2 heterocycles. The van der Waals surface area contributed by atoms with Gasteiger partial charge < -0.3 is 19.5 Å². The highest BCUT2D eigenvalue weighted by atomic mass is 32.1. The predicted octanol–water partition coefficient (Wildman–Crippen LogP) is 2.52. The molecule has 0 atom stereocenters. The number of aromatic nitrogens is 1. The molecule has 0 spiro atoms. The number of thiazole rings is 1. The van der Waals surface area contributed by atoms with Crippen LogP contribution in [0.3, 0.4) is 0 Å². The third-order valence-corrected chi connectivity index (χ3v) is 4.51. The SMILES string of the molecule is CCCN(CC(=O)O)C(=O)c1csc(-c2ccc3c(c2)OCCO3)n1. The summed E-state index contributed by atoms with van der Waals surface area (Å²) in [6, 6.07) is 5.52. The lowest BCUT2D eigenvalue weighted by Crippen LogP contribution is -2.36. The van der Waals surface area contributed by atoms with Crippen molar-refractivity contribution in [2.45, 2.75) is 13.3 Å². The van der Waals surface area contributed by atoms with Crippen molar-refractivity contribution in [3.63, 3.8) is 0 Å². The fourth-order valence-electron chi connectivity index (χ4n) is 2.53. The van der Waals surface area contributed by atoms with Crippen LogP contribution in [0.2, 0.25) is 0 Å². The zero-order valence-electron chi connectivity index (χ0n) is 13.7. The molecule has 7 nitrogen and oxygen atoms in total. The van der Waals surface area contributed by atoms with Gasteiger partial charge in [-0.2, -0.15) is 0 Å². The van der Waals surface area contributed by atoms with Crippen LogP contribution in [-0.4, -0.2) is 53.2 Å². The van der Waals surface area contributed by atoms with E-state index in [9.17, 15) is 9.59 Å². The number of rotatable bonds is 6. The van der Waals surface area contributed by atoms with Crippen molar-refractivity contribution in [1.82, 2.24) is 9.88 Å². The topological polar surface area (TPSA) is 89.0 Å². The first kappa shape index (κ1) is 17.2. The van der Waals surface area contributed by atoms with Crippen LogP contribution in [0.25, 0.3) is 10.6 Å². The Kier molecular flexibility index (Phi) is 5.18. The van der Waals surface area contributed by atoms with E-state index in [1.165, 1.54) is 16.2 Å². The third-order valence-electron chi connectivity index (χ3n) is 3.62. The first-order valence-electron chi connectivity index (χ1n) is 7.95. The van der Waals surface area contributed by atoms with Gasteiger partial charge in [0.25, 0.3) is 5.91 Å². The Labute approximate surface area is 148 Å². The second-order valence-electron chi connectivity index (χ2n) is 5.52. The van der Waals surface area contributed by atoms with Crippen molar-refractivity contribution >= 4 is 23.2 Å². The Morgan fingerprint density at radius 1 is 1.28 bits per heavy atom. The average molecular weight is 362 g/mol. The standard InChI is InChI=1S/C17H18N2O5S/c1-2-5-19(9-15(20)21)17(22)12-10-25-16(18-12)11-3-4-13-14(8-11)24-7-6-23-13/h3-4,8,10H,2,5-7,9H2,1H3,(H,20,21). The third kappa shape index (κ3) is 3.90. The van der Waals surface area contributed by atoms with E-state index in [0.717, 1.165) is 5.56 Å². The van der Waals surface area contributed by atoms with Gasteiger partial charge in [0.15, 0.2) is 11.5 Å². The average Bonchev–Trinajstić information content (AvgIpc) is 3.10. The van der Waals surface area contributed by atoms with E-state index in [0.29, 0.717) is 42.7 Å². The Bertz CT molecular complexity index is 789. The Balaban J connectivity index is 1.81. The minimum Gasteiger partial charge on any atom is -0.486 e. The van der Waals surface area contributed by atoms with Crippen molar-refractivity contribution in [3.05, 3.63) is 29.3 Å². The molecule has 3 rings (SSSR count). The van der Waals surface area contributed by atoms with E-state index >= 15 is 0 Å². The summed E-state index contributed by atoms with van der Waals surface area (Å²) in [5.74, 6) is -0.0582. The van der Waals surface area contributed by atoms with Crippen LogP contribution in [0, 0.1) is 0 Å². The summed E-state index contributed by atoms with van der Waals surface area (Å²) < 4.78 is 11.1. The first-order chi connectivity index (χ1) is 12.1. The summed E-state index contributed by atoms with van der Waals surface area (Å²) in [7, 11) is 0. The molecule has 1 aliphatic heterocycles. The molecule has 0 unspecified atom stereocenters. The molecule has 1 aliphatic rings. The molecule has 0 radical (unpaired) electrons. The van der Waals surface area contributed by atoms with E-state index in [-0.39, 0.29) is 18.1 Å². The smallest absolute Gasteiger partial charge is 0.323 e. The van der Waals surface area contributed by atoms with Crippen molar-refractivity contribution in [2.24, 2.45) is 0 Å². The molecule has 1 amide bonds. The molecular weight excluding hydrogens is 344 g/mol. The van der Waals surface area contributed by atoms with Crippen LogP contribution in [0.4, 0.5) is 0 Å². The number of carboxylic acids is 1. The number of hydrogen-bond acceptors (Lipinski definition) is 6. The van der Waals surface area contributed by atoms with Gasteiger partial charge in [0, 0.05) is 17.5 Å². The summed E-state index contributed by atoms with van der Waals surface area (Å²) in [5.41, 5.74) is 1.08. The van der Waals surface area contributed by atoms with Crippen molar-refractivity contribution < 1.29 is 24.2 Å². The molecule has 8 heteroatoms. The molecular formula is C17H18N2O5S. The lowest BCUT2D eigenvalue weighted by molar-refractivity contribution is -0.137. The van der Waals surface area contributed by atoms with Gasteiger partial charge in [-0.05, 0) is 24.6 Å². The molecule has 0 fully saturated rings. The monoisotopic (exact) mass is 362 g/mol. The van der Waals surface area contributed by atoms with Gasteiger partial charge >= 0.3 is 5.97 Å². The zero-order chi connectivity index (χ0) is 17.8. The van der Waals surface area contributed by atoms with Crippen LogP contribution >= 0.6 is 11.3 Å². The van der Waals surface area contributed by atoms with Crippen LogP contribution in [-0.2, 0) is 4.79 Å². The second-order valence-corrected chi connectivity index (χ2v) is 6.37. The highest BCUT2D eigenvalue weighted by Crippen LogP contribution is 2.35. The number of benzene rings is 1. The highest BCUT2D eigenvalue weighted by molar-refractivity contribution is 7.13. The van der Waals surface area contributed by atoms with Crippen LogP contribution in [0.5, 0.6) is 11.5 Å². The fourth-order valence-corrected chi connectivity index (χ4v) is 3.32. The van der Waals surface area contributed by atoms with E-state index < -0.39 is 5.97 Å². The number of carbonyl (C=O) groups is 2. The van der Waals surface area contributed by atoms with Gasteiger partial charge in [0.05, 0.1) is 0 Å². The summed E-state index contributed by atoms with van der Waals surface area (Å²) in [6.07, 6.45) is 0.679. The van der Waals surface area contributed by atoms with Crippen molar-refractivity contribution in [1.29, 1.82) is 0 Å². The van der Waals surface area contributed by atoms with Gasteiger partial charge in [-0.3, -0.25) is 9.59 Å². The quantitative estimate of drug-likeness (QED) is 0.849. The van der Waals surface area contributed by atoms with Crippen LogP contribution in [0.1, 0.15) is 23.8 Å². The zero-order valence-corrected chi connectivity index (χ0v) is 14.5. The van der Waals surface area contributed by atoms with Gasteiger partial charge in [0.2, 0.25) is 0 Å². The largest absolute Gasteiger partial charge is 0.486 e. The maximum Gasteiger partial charge on any atom is 0.323 e. The van der Waals surface area contributed by atoms with Gasteiger partial charge in [-0.15, -0.1) is 11.3 Å². The molecule has 25 heavy (non-hydrogen) atoms. The van der Waals surface area contributed by atoms with Gasteiger partial charge in [-0.1, -0.05) is 6.92 Å².